The van der Waals surface area contributed by atoms with Crippen LogP contribution in [0.3, 0.4) is 0 Å². The van der Waals surface area contributed by atoms with Gasteiger partial charge in [-0.3, -0.25) is 4.79 Å². The average molecular weight is 334 g/mol. The number of Topliss-reactive ketones (excluding diaryl/α,β-unsaturated/α-hetero) is 1. The Morgan fingerprint density at radius 1 is 1.17 bits per heavy atom. The number of ether oxygens (including phenoxy) is 1. The summed E-state index contributed by atoms with van der Waals surface area (Å²) in [6, 6.07) is 6.24. The Hall–Kier alpha value is -2.50. The molecule has 0 saturated heterocycles. The maximum Gasteiger partial charge on any atom is 0.387 e. The molecule has 1 aromatic carbocycles. The van der Waals surface area contributed by atoms with Crippen LogP contribution >= 0.6 is 0 Å². The monoisotopic (exact) mass is 334 g/mol. The Bertz CT molecular complexity index is 662. The molecule has 0 unspecified atom stereocenters. The SMILES string of the molecule is CN(C)/N=C/C=C1/CCC/C(=C/c2ccc(OC(F)F)cc2)C1=O. The third-order valence-corrected chi connectivity index (χ3v) is 3.50. The van der Waals surface area contributed by atoms with Crippen molar-refractivity contribution in [1.82, 2.24) is 5.01 Å². The number of alkyl halides is 2. The molecule has 4 nitrogen and oxygen atoms in total. The molecule has 1 fully saturated rings. The molecule has 0 N–H and O–H groups in total. The van der Waals surface area contributed by atoms with Crippen LogP contribution in [-0.4, -0.2) is 37.7 Å². The van der Waals surface area contributed by atoms with E-state index in [2.05, 4.69) is 9.84 Å². The van der Waals surface area contributed by atoms with Crippen LogP contribution in [0.25, 0.3) is 6.08 Å². The van der Waals surface area contributed by atoms with Gasteiger partial charge in [0, 0.05) is 31.5 Å². The molecule has 0 bridgehead atoms. The van der Waals surface area contributed by atoms with Crippen molar-refractivity contribution in [2.24, 2.45) is 5.10 Å². The minimum Gasteiger partial charge on any atom is -0.435 e. The van der Waals surface area contributed by atoms with Gasteiger partial charge in [0.25, 0.3) is 0 Å². The van der Waals surface area contributed by atoms with Crippen LogP contribution in [0.4, 0.5) is 8.78 Å². The molecule has 0 heterocycles. The van der Waals surface area contributed by atoms with Crippen molar-refractivity contribution in [3.8, 4) is 5.75 Å². The van der Waals surface area contributed by atoms with Crippen molar-refractivity contribution < 1.29 is 18.3 Å². The maximum absolute atomic E-state index is 12.5. The van der Waals surface area contributed by atoms with Gasteiger partial charge in [-0.15, -0.1) is 0 Å². The number of allylic oxidation sites excluding steroid dienone is 3. The van der Waals surface area contributed by atoms with E-state index in [0.717, 1.165) is 24.0 Å². The number of nitrogens with zero attached hydrogens (tertiary/aromatic N) is 2. The Balaban J connectivity index is 2.12. The number of carbonyl (C=O) groups is 1. The third kappa shape index (κ3) is 5.30. The Morgan fingerprint density at radius 3 is 2.46 bits per heavy atom. The lowest BCUT2D eigenvalue weighted by Gasteiger charge is -2.16. The quantitative estimate of drug-likeness (QED) is 0.466. The van der Waals surface area contributed by atoms with E-state index in [1.807, 2.05) is 14.1 Å². The summed E-state index contributed by atoms with van der Waals surface area (Å²) in [5, 5.41) is 5.74. The number of carbonyl (C=O) groups excluding carboxylic acids is 1. The second-order valence-corrected chi connectivity index (χ2v) is 5.60. The van der Waals surface area contributed by atoms with Gasteiger partial charge in [0.05, 0.1) is 0 Å². The van der Waals surface area contributed by atoms with E-state index >= 15 is 0 Å². The van der Waals surface area contributed by atoms with Crippen molar-refractivity contribution in [1.29, 1.82) is 0 Å². The molecule has 1 aliphatic carbocycles. The summed E-state index contributed by atoms with van der Waals surface area (Å²) in [5.74, 6) is 0.113. The molecule has 0 spiro atoms. The van der Waals surface area contributed by atoms with Gasteiger partial charge < -0.3 is 9.75 Å². The zero-order valence-corrected chi connectivity index (χ0v) is 13.7. The molecule has 1 aliphatic rings. The van der Waals surface area contributed by atoms with Gasteiger partial charge in [-0.05, 0) is 49.1 Å². The smallest absolute Gasteiger partial charge is 0.387 e. The highest BCUT2D eigenvalue weighted by Crippen LogP contribution is 2.26. The predicted molar refractivity (Wildman–Crippen MR) is 90.2 cm³/mol. The van der Waals surface area contributed by atoms with Crippen molar-refractivity contribution in [2.75, 3.05) is 14.1 Å². The summed E-state index contributed by atoms with van der Waals surface area (Å²) in [4.78, 5) is 12.5. The second-order valence-electron chi connectivity index (χ2n) is 5.60. The predicted octanol–water partition coefficient (Wildman–Crippen LogP) is 3.90. The lowest BCUT2D eigenvalue weighted by Crippen LogP contribution is -2.12. The molecule has 0 radical (unpaired) electrons. The maximum atomic E-state index is 12.5. The van der Waals surface area contributed by atoms with Crippen LogP contribution in [-0.2, 0) is 4.79 Å². The highest BCUT2D eigenvalue weighted by atomic mass is 19.3. The van der Waals surface area contributed by atoms with E-state index in [0.29, 0.717) is 12.0 Å². The second kappa shape index (κ2) is 8.38. The van der Waals surface area contributed by atoms with Crippen LogP contribution in [0, 0.1) is 0 Å². The van der Waals surface area contributed by atoms with Crippen molar-refractivity contribution >= 4 is 18.1 Å². The molecule has 0 amide bonds. The summed E-state index contributed by atoms with van der Waals surface area (Å²) in [5.41, 5.74) is 2.23. The number of rotatable bonds is 5. The number of hydrogen-bond donors (Lipinski definition) is 0. The number of hydrogen-bond acceptors (Lipinski definition) is 4. The number of halogens is 2. The van der Waals surface area contributed by atoms with Gasteiger partial charge in [0.15, 0.2) is 5.78 Å². The molecule has 0 aromatic heterocycles. The van der Waals surface area contributed by atoms with Crippen molar-refractivity contribution in [2.45, 2.75) is 25.9 Å². The fourth-order valence-corrected chi connectivity index (χ4v) is 2.40. The molecule has 0 aliphatic heterocycles. The van der Waals surface area contributed by atoms with Gasteiger partial charge in [-0.2, -0.15) is 13.9 Å². The van der Waals surface area contributed by atoms with Crippen LogP contribution in [0.15, 0.2) is 46.6 Å². The number of ketones is 1. The minimum atomic E-state index is -2.84. The van der Waals surface area contributed by atoms with Gasteiger partial charge in [-0.1, -0.05) is 12.1 Å². The first-order valence-corrected chi connectivity index (χ1v) is 7.66. The summed E-state index contributed by atoms with van der Waals surface area (Å²) < 4.78 is 28.6. The lowest BCUT2D eigenvalue weighted by atomic mass is 9.87. The van der Waals surface area contributed by atoms with E-state index in [1.54, 1.807) is 35.5 Å². The molecule has 1 aromatic rings. The summed E-state index contributed by atoms with van der Waals surface area (Å²) >= 11 is 0. The fraction of sp³-hybridized carbons (Fsp3) is 0.333. The van der Waals surface area contributed by atoms with Gasteiger partial charge in [0.1, 0.15) is 5.75 Å². The van der Waals surface area contributed by atoms with E-state index < -0.39 is 6.61 Å². The standard InChI is InChI=1S/C18H20F2N2O2/c1-22(2)21-11-10-14-4-3-5-15(17(14)23)12-13-6-8-16(9-7-13)24-18(19)20/h6-12,18H,3-5H2,1-2H3/b14-10-,15-12-,21-11+. The Morgan fingerprint density at radius 2 is 1.83 bits per heavy atom. The largest absolute Gasteiger partial charge is 0.435 e. The van der Waals surface area contributed by atoms with Crippen molar-refractivity contribution in [3.05, 3.63) is 47.1 Å². The van der Waals surface area contributed by atoms with E-state index in [1.165, 1.54) is 12.1 Å². The first-order valence-electron chi connectivity index (χ1n) is 7.66. The molecular weight excluding hydrogens is 314 g/mol. The summed E-state index contributed by atoms with van der Waals surface area (Å²) in [7, 11) is 3.62. The first-order chi connectivity index (χ1) is 11.5. The molecule has 128 valence electrons. The Labute approximate surface area is 140 Å². The molecular formula is C18H20F2N2O2. The molecule has 6 heteroatoms. The molecule has 24 heavy (non-hydrogen) atoms. The van der Waals surface area contributed by atoms with Gasteiger partial charge in [-0.25, -0.2) is 0 Å². The van der Waals surface area contributed by atoms with E-state index in [-0.39, 0.29) is 11.5 Å². The first kappa shape index (κ1) is 17.8. The van der Waals surface area contributed by atoms with Crippen LogP contribution in [0.5, 0.6) is 5.75 Å². The third-order valence-electron chi connectivity index (χ3n) is 3.50. The summed E-state index contributed by atoms with van der Waals surface area (Å²) in [6.07, 6.45) is 7.49. The topological polar surface area (TPSA) is 41.9 Å². The molecule has 0 atom stereocenters. The van der Waals surface area contributed by atoms with Crippen LogP contribution < -0.4 is 4.74 Å². The van der Waals surface area contributed by atoms with E-state index in [4.69, 9.17) is 0 Å². The molecule has 2 rings (SSSR count). The van der Waals surface area contributed by atoms with Crippen LogP contribution in [0.2, 0.25) is 0 Å². The highest BCUT2D eigenvalue weighted by Gasteiger charge is 2.19. The fourth-order valence-electron chi connectivity index (χ4n) is 2.40. The summed E-state index contributed by atoms with van der Waals surface area (Å²) in [6.45, 7) is -2.84. The minimum absolute atomic E-state index is 0.0133. The zero-order valence-electron chi connectivity index (χ0n) is 13.7. The van der Waals surface area contributed by atoms with E-state index in [9.17, 15) is 13.6 Å². The lowest BCUT2D eigenvalue weighted by molar-refractivity contribution is -0.112. The molecule has 1 saturated carbocycles. The highest BCUT2D eigenvalue weighted by molar-refractivity contribution is 6.13. The zero-order chi connectivity index (χ0) is 17.5. The average Bonchev–Trinajstić information content (AvgIpc) is 2.52. The number of hydrazone groups is 1. The van der Waals surface area contributed by atoms with Crippen LogP contribution in [0.1, 0.15) is 24.8 Å². The number of benzene rings is 1. The Kier molecular flexibility index (Phi) is 6.23. The van der Waals surface area contributed by atoms with Gasteiger partial charge >= 0.3 is 6.61 Å². The normalized spacial score (nSPS) is 18.8. The van der Waals surface area contributed by atoms with Crippen molar-refractivity contribution in [3.63, 3.8) is 0 Å². The van der Waals surface area contributed by atoms with Gasteiger partial charge in [0.2, 0.25) is 0 Å².